The topological polar surface area (TPSA) is 73.3 Å². The average Bonchev–Trinajstić information content (AvgIpc) is 2.63. The summed E-state index contributed by atoms with van der Waals surface area (Å²) in [5.41, 5.74) is 4.35. The average molecular weight is 351 g/mol. The summed E-state index contributed by atoms with van der Waals surface area (Å²) < 4.78 is 10.7. The lowest BCUT2D eigenvalue weighted by atomic mass is 10.1. The van der Waals surface area contributed by atoms with Crippen molar-refractivity contribution in [2.45, 2.75) is 20.8 Å². The van der Waals surface area contributed by atoms with Crippen LogP contribution in [0.5, 0.6) is 11.6 Å². The summed E-state index contributed by atoms with van der Waals surface area (Å²) in [6, 6.07) is 11.0. The summed E-state index contributed by atoms with van der Waals surface area (Å²) in [5.74, 6) is 0.572. The van der Waals surface area contributed by atoms with Crippen molar-refractivity contribution in [2.75, 3.05) is 19.0 Å². The number of aryl methyl sites for hydroxylation is 2. The molecule has 1 heterocycles. The molecule has 0 atom stereocenters. The molecule has 3 aromatic rings. The molecule has 0 aliphatic heterocycles. The highest BCUT2D eigenvalue weighted by molar-refractivity contribution is 6.05. The Hall–Kier alpha value is -3.15. The van der Waals surface area contributed by atoms with Gasteiger partial charge in [-0.05, 0) is 68.3 Å². The van der Waals surface area contributed by atoms with E-state index < -0.39 is 0 Å². The zero-order valence-electron chi connectivity index (χ0n) is 15.3. The van der Waals surface area contributed by atoms with E-state index in [1.165, 1.54) is 7.11 Å². The van der Waals surface area contributed by atoms with Crippen LogP contribution in [0, 0.1) is 13.8 Å². The maximum absolute atomic E-state index is 12.7. The van der Waals surface area contributed by atoms with Crippen LogP contribution in [0.15, 0.2) is 36.4 Å². The molecule has 6 heteroatoms. The first-order valence-electron chi connectivity index (χ1n) is 8.39. The van der Waals surface area contributed by atoms with Crippen molar-refractivity contribution in [3.8, 4) is 11.6 Å². The van der Waals surface area contributed by atoms with Gasteiger partial charge in [0.25, 0.3) is 5.91 Å². The minimum Gasteiger partial charge on any atom is -0.494 e. The van der Waals surface area contributed by atoms with E-state index in [1.807, 2.05) is 32.9 Å². The Morgan fingerprint density at radius 3 is 2.23 bits per heavy atom. The fourth-order valence-electron chi connectivity index (χ4n) is 2.58. The van der Waals surface area contributed by atoms with E-state index in [-0.39, 0.29) is 17.5 Å². The van der Waals surface area contributed by atoms with Crippen LogP contribution >= 0.6 is 0 Å². The second-order valence-electron chi connectivity index (χ2n) is 5.92. The summed E-state index contributed by atoms with van der Waals surface area (Å²) in [4.78, 5) is 21.6. The van der Waals surface area contributed by atoms with Gasteiger partial charge in [0.15, 0.2) is 5.69 Å². The number of aromatic nitrogens is 2. The summed E-state index contributed by atoms with van der Waals surface area (Å²) >= 11 is 0. The van der Waals surface area contributed by atoms with E-state index in [0.29, 0.717) is 23.3 Å². The Morgan fingerprint density at radius 1 is 1.04 bits per heavy atom. The summed E-state index contributed by atoms with van der Waals surface area (Å²) in [6.45, 7) is 6.52. The fourth-order valence-corrected chi connectivity index (χ4v) is 2.58. The molecule has 0 aliphatic rings. The maximum atomic E-state index is 12.7. The Balaban J connectivity index is 1.92. The van der Waals surface area contributed by atoms with Gasteiger partial charge in [-0.15, -0.1) is 0 Å². The number of benzene rings is 2. The number of hydrogen-bond donors (Lipinski definition) is 1. The molecule has 0 aliphatic carbocycles. The lowest BCUT2D eigenvalue weighted by molar-refractivity contribution is 0.101. The molecule has 0 fully saturated rings. The molecule has 134 valence electrons. The molecule has 0 saturated carbocycles. The molecule has 1 aromatic heterocycles. The van der Waals surface area contributed by atoms with Gasteiger partial charge in [0, 0.05) is 5.69 Å². The molecule has 0 radical (unpaired) electrons. The highest BCUT2D eigenvalue weighted by atomic mass is 16.5. The van der Waals surface area contributed by atoms with Gasteiger partial charge in [-0.25, -0.2) is 9.97 Å². The van der Waals surface area contributed by atoms with Gasteiger partial charge >= 0.3 is 0 Å². The third-order valence-electron chi connectivity index (χ3n) is 4.08. The number of methoxy groups -OCH3 is 1. The van der Waals surface area contributed by atoms with Gasteiger partial charge in [-0.2, -0.15) is 0 Å². The van der Waals surface area contributed by atoms with Gasteiger partial charge < -0.3 is 14.8 Å². The smallest absolute Gasteiger partial charge is 0.279 e. The van der Waals surface area contributed by atoms with Crippen molar-refractivity contribution in [1.82, 2.24) is 9.97 Å². The molecule has 0 saturated heterocycles. The Labute approximate surface area is 152 Å². The molecule has 0 bridgehead atoms. The third kappa shape index (κ3) is 3.59. The van der Waals surface area contributed by atoms with Gasteiger partial charge in [-0.1, -0.05) is 0 Å². The van der Waals surface area contributed by atoms with Crippen molar-refractivity contribution in [3.63, 3.8) is 0 Å². The molecule has 26 heavy (non-hydrogen) atoms. The minimum absolute atomic E-state index is 0.150. The van der Waals surface area contributed by atoms with E-state index in [0.717, 1.165) is 16.9 Å². The van der Waals surface area contributed by atoms with Crippen LogP contribution in [-0.4, -0.2) is 29.6 Å². The molecule has 1 N–H and O–H groups in total. The lowest BCUT2D eigenvalue weighted by Gasteiger charge is -2.11. The van der Waals surface area contributed by atoms with Crippen LogP contribution in [0.1, 0.15) is 28.5 Å². The molecular weight excluding hydrogens is 330 g/mol. The van der Waals surface area contributed by atoms with E-state index in [4.69, 9.17) is 9.47 Å². The van der Waals surface area contributed by atoms with Crippen molar-refractivity contribution in [3.05, 3.63) is 53.2 Å². The predicted octanol–water partition coefficient (Wildman–Crippen LogP) is 3.91. The van der Waals surface area contributed by atoms with Crippen molar-refractivity contribution in [1.29, 1.82) is 0 Å². The monoisotopic (exact) mass is 351 g/mol. The van der Waals surface area contributed by atoms with Crippen LogP contribution in [0.2, 0.25) is 0 Å². The SMILES string of the molecule is CCOc1ccc(NC(=O)c2nc3cc(C)c(C)cc3nc2OC)cc1. The van der Waals surface area contributed by atoms with E-state index in [2.05, 4.69) is 15.3 Å². The zero-order valence-corrected chi connectivity index (χ0v) is 15.3. The molecular formula is C20H21N3O3. The first-order valence-corrected chi connectivity index (χ1v) is 8.39. The number of nitrogens with zero attached hydrogens (tertiary/aromatic N) is 2. The number of rotatable bonds is 5. The van der Waals surface area contributed by atoms with Crippen molar-refractivity contribution in [2.24, 2.45) is 0 Å². The zero-order chi connectivity index (χ0) is 18.7. The van der Waals surface area contributed by atoms with Crippen LogP contribution < -0.4 is 14.8 Å². The quantitative estimate of drug-likeness (QED) is 0.754. The van der Waals surface area contributed by atoms with Gasteiger partial charge in [-0.3, -0.25) is 4.79 Å². The number of hydrogen-bond acceptors (Lipinski definition) is 5. The third-order valence-corrected chi connectivity index (χ3v) is 4.08. The Kier molecular flexibility index (Phi) is 5.02. The number of carbonyl (C=O) groups excluding carboxylic acids is 1. The standard InChI is InChI=1S/C20H21N3O3/c1-5-26-15-8-6-14(7-9-15)21-19(24)18-20(25-4)23-17-11-13(3)12(2)10-16(17)22-18/h6-11H,5H2,1-4H3,(H,21,24). The highest BCUT2D eigenvalue weighted by Gasteiger charge is 2.18. The molecule has 2 aromatic carbocycles. The molecule has 1 amide bonds. The highest BCUT2D eigenvalue weighted by Crippen LogP contribution is 2.23. The normalized spacial score (nSPS) is 10.6. The van der Waals surface area contributed by atoms with Crippen LogP contribution in [0.3, 0.4) is 0 Å². The van der Waals surface area contributed by atoms with Crippen molar-refractivity contribution >= 4 is 22.6 Å². The summed E-state index contributed by atoms with van der Waals surface area (Å²) in [5, 5.41) is 2.82. The number of anilines is 1. The first-order chi connectivity index (χ1) is 12.5. The fraction of sp³-hybridized carbons (Fsp3) is 0.250. The van der Waals surface area contributed by atoms with Crippen LogP contribution in [0.25, 0.3) is 11.0 Å². The van der Waals surface area contributed by atoms with Gasteiger partial charge in [0.05, 0.1) is 24.8 Å². The number of nitrogens with one attached hydrogen (secondary N) is 1. The number of amides is 1. The Bertz CT molecular complexity index is 953. The Morgan fingerprint density at radius 2 is 1.65 bits per heavy atom. The van der Waals surface area contributed by atoms with Gasteiger partial charge in [0.2, 0.25) is 5.88 Å². The molecule has 0 unspecified atom stereocenters. The second kappa shape index (κ2) is 7.39. The maximum Gasteiger partial charge on any atom is 0.279 e. The van der Waals surface area contributed by atoms with E-state index in [1.54, 1.807) is 24.3 Å². The number of ether oxygens (including phenoxy) is 2. The minimum atomic E-state index is -0.376. The molecule has 3 rings (SSSR count). The number of carbonyl (C=O) groups is 1. The van der Waals surface area contributed by atoms with Crippen LogP contribution in [0.4, 0.5) is 5.69 Å². The van der Waals surface area contributed by atoms with Gasteiger partial charge in [0.1, 0.15) is 5.75 Å². The summed E-state index contributed by atoms with van der Waals surface area (Å²) in [7, 11) is 1.48. The lowest BCUT2D eigenvalue weighted by Crippen LogP contribution is -2.16. The van der Waals surface area contributed by atoms with Crippen molar-refractivity contribution < 1.29 is 14.3 Å². The second-order valence-corrected chi connectivity index (χ2v) is 5.92. The summed E-state index contributed by atoms with van der Waals surface area (Å²) in [6.07, 6.45) is 0. The van der Waals surface area contributed by atoms with E-state index in [9.17, 15) is 4.79 Å². The molecule has 0 spiro atoms. The largest absolute Gasteiger partial charge is 0.494 e. The first kappa shape index (κ1) is 17.7. The predicted molar refractivity (Wildman–Crippen MR) is 101 cm³/mol. The molecule has 6 nitrogen and oxygen atoms in total. The van der Waals surface area contributed by atoms with Crippen LogP contribution in [-0.2, 0) is 0 Å². The number of fused-ring (bicyclic) bond motifs is 1. The van der Waals surface area contributed by atoms with E-state index >= 15 is 0 Å².